The minimum absolute atomic E-state index is 0.0551. The SMILES string of the molecule is O=C1CC2CCOCC2O1. The monoisotopic (exact) mass is 142 g/mol. The van der Waals surface area contributed by atoms with E-state index in [2.05, 4.69) is 0 Å². The molecule has 0 saturated carbocycles. The highest BCUT2D eigenvalue weighted by atomic mass is 16.6. The Morgan fingerprint density at radius 3 is 3.20 bits per heavy atom. The zero-order chi connectivity index (χ0) is 6.97. The van der Waals surface area contributed by atoms with Crippen molar-refractivity contribution in [3.05, 3.63) is 0 Å². The molecule has 0 amide bonds. The van der Waals surface area contributed by atoms with Gasteiger partial charge in [0, 0.05) is 12.5 Å². The van der Waals surface area contributed by atoms with Crippen LogP contribution in [0.25, 0.3) is 0 Å². The molecular formula is C7H10O3. The van der Waals surface area contributed by atoms with Crippen LogP contribution >= 0.6 is 0 Å². The van der Waals surface area contributed by atoms with E-state index in [0.29, 0.717) is 18.9 Å². The van der Waals surface area contributed by atoms with Crippen LogP contribution in [0.5, 0.6) is 0 Å². The van der Waals surface area contributed by atoms with Gasteiger partial charge in [0.05, 0.1) is 13.0 Å². The molecule has 0 N–H and O–H groups in total. The molecule has 0 aliphatic carbocycles. The van der Waals surface area contributed by atoms with Gasteiger partial charge in [-0.1, -0.05) is 0 Å². The van der Waals surface area contributed by atoms with Gasteiger partial charge < -0.3 is 9.47 Å². The van der Waals surface area contributed by atoms with E-state index >= 15 is 0 Å². The first-order valence-corrected chi connectivity index (χ1v) is 3.63. The Kier molecular flexibility index (Phi) is 1.38. The fraction of sp³-hybridized carbons (Fsp3) is 0.857. The quantitative estimate of drug-likeness (QED) is 0.457. The van der Waals surface area contributed by atoms with Crippen molar-refractivity contribution >= 4 is 5.97 Å². The summed E-state index contributed by atoms with van der Waals surface area (Å²) in [5.74, 6) is 0.391. The molecule has 0 aromatic heterocycles. The Morgan fingerprint density at radius 2 is 2.40 bits per heavy atom. The maximum Gasteiger partial charge on any atom is 0.306 e. The molecule has 2 saturated heterocycles. The van der Waals surface area contributed by atoms with Crippen LogP contribution in [0.2, 0.25) is 0 Å². The van der Waals surface area contributed by atoms with Crippen molar-refractivity contribution < 1.29 is 14.3 Å². The Hall–Kier alpha value is -0.570. The molecule has 2 atom stereocenters. The van der Waals surface area contributed by atoms with Crippen molar-refractivity contribution in [2.45, 2.75) is 18.9 Å². The van der Waals surface area contributed by atoms with Gasteiger partial charge in [-0.05, 0) is 6.42 Å². The summed E-state index contributed by atoms with van der Waals surface area (Å²) >= 11 is 0. The van der Waals surface area contributed by atoms with E-state index in [1.807, 2.05) is 0 Å². The summed E-state index contributed by atoms with van der Waals surface area (Å²) < 4.78 is 10.2. The molecule has 2 aliphatic heterocycles. The lowest BCUT2D eigenvalue weighted by molar-refractivity contribution is -0.144. The zero-order valence-electron chi connectivity index (χ0n) is 5.71. The number of rotatable bonds is 0. The van der Waals surface area contributed by atoms with Crippen LogP contribution in [0.15, 0.2) is 0 Å². The number of fused-ring (bicyclic) bond motifs is 1. The van der Waals surface area contributed by atoms with E-state index in [1.54, 1.807) is 0 Å². The summed E-state index contributed by atoms with van der Waals surface area (Å²) in [7, 11) is 0. The summed E-state index contributed by atoms with van der Waals surface area (Å²) in [4.78, 5) is 10.7. The Labute approximate surface area is 59.3 Å². The molecule has 2 unspecified atom stereocenters. The van der Waals surface area contributed by atoms with Gasteiger partial charge >= 0.3 is 5.97 Å². The van der Waals surface area contributed by atoms with E-state index in [1.165, 1.54) is 0 Å². The topological polar surface area (TPSA) is 35.5 Å². The van der Waals surface area contributed by atoms with Crippen molar-refractivity contribution in [1.82, 2.24) is 0 Å². The average Bonchev–Trinajstić information content (AvgIpc) is 2.27. The maximum atomic E-state index is 10.7. The number of esters is 1. The third-order valence-electron chi connectivity index (χ3n) is 2.15. The molecule has 0 spiro atoms. The molecule has 0 radical (unpaired) electrons. The Balaban J connectivity index is 2.04. The maximum absolute atomic E-state index is 10.7. The second-order valence-corrected chi connectivity index (χ2v) is 2.86. The molecule has 2 rings (SSSR count). The van der Waals surface area contributed by atoms with Crippen molar-refractivity contribution in [1.29, 1.82) is 0 Å². The second kappa shape index (κ2) is 2.23. The van der Waals surface area contributed by atoms with Gasteiger partial charge in [0.1, 0.15) is 6.10 Å². The van der Waals surface area contributed by atoms with Gasteiger partial charge in [-0.2, -0.15) is 0 Å². The minimum atomic E-state index is -0.0551. The molecule has 56 valence electrons. The number of hydrogen-bond donors (Lipinski definition) is 0. The smallest absolute Gasteiger partial charge is 0.306 e. The molecule has 0 bridgehead atoms. The van der Waals surface area contributed by atoms with E-state index in [-0.39, 0.29) is 12.1 Å². The molecule has 2 fully saturated rings. The summed E-state index contributed by atoms with van der Waals surface area (Å²) in [6.45, 7) is 1.40. The highest BCUT2D eigenvalue weighted by Gasteiger charge is 2.36. The highest BCUT2D eigenvalue weighted by Crippen LogP contribution is 2.28. The lowest BCUT2D eigenvalue weighted by Gasteiger charge is -2.22. The van der Waals surface area contributed by atoms with Crippen LogP contribution in [-0.2, 0) is 14.3 Å². The van der Waals surface area contributed by atoms with Crippen LogP contribution in [0.3, 0.4) is 0 Å². The molecule has 3 heteroatoms. The first-order chi connectivity index (χ1) is 4.86. The molecule has 0 aromatic carbocycles. The first-order valence-electron chi connectivity index (χ1n) is 3.63. The Bertz CT molecular complexity index is 139. The first kappa shape index (κ1) is 6.16. The average molecular weight is 142 g/mol. The van der Waals surface area contributed by atoms with E-state index in [9.17, 15) is 4.79 Å². The summed E-state index contributed by atoms with van der Waals surface area (Å²) in [5, 5.41) is 0. The predicted octanol–water partition coefficient (Wildman–Crippen LogP) is 0.338. The third-order valence-corrected chi connectivity index (χ3v) is 2.15. The van der Waals surface area contributed by atoms with Crippen LogP contribution in [-0.4, -0.2) is 25.3 Å². The summed E-state index contributed by atoms with van der Waals surface area (Å²) in [6.07, 6.45) is 1.66. The normalized spacial score (nSPS) is 39.0. The van der Waals surface area contributed by atoms with E-state index in [4.69, 9.17) is 9.47 Å². The summed E-state index contributed by atoms with van der Waals surface area (Å²) in [5.41, 5.74) is 0. The van der Waals surface area contributed by atoms with Crippen molar-refractivity contribution in [2.24, 2.45) is 5.92 Å². The van der Waals surface area contributed by atoms with Crippen molar-refractivity contribution in [3.8, 4) is 0 Å². The van der Waals surface area contributed by atoms with Crippen LogP contribution in [0.1, 0.15) is 12.8 Å². The zero-order valence-corrected chi connectivity index (χ0v) is 5.71. The fourth-order valence-corrected chi connectivity index (χ4v) is 1.55. The molecule has 3 nitrogen and oxygen atoms in total. The molecule has 2 aliphatic rings. The minimum Gasteiger partial charge on any atom is -0.460 e. The molecular weight excluding hydrogens is 132 g/mol. The molecule has 10 heavy (non-hydrogen) atoms. The van der Waals surface area contributed by atoms with Crippen LogP contribution < -0.4 is 0 Å². The van der Waals surface area contributed by atoms with Crippen molar-refractivity contribution in [3.63, 3.8) is 0 Å². The Morgan fingerprint density at radius 1 is 1.50 bits per heavy atom. The van der Waals surface area contributed by atoms with Gasteiger partial charge in [-0.3, -0.25) is 4.79 Å². The lowest BCUT2D eigenvalue weighted by atomic mass is 9.97. The van der Waals surface area contributed by atoms with Crippen molar-refractivity contribution in [2.75, 3.05) is 13.2 Å². The van der Waals surface area contributed by atoms with E-state index in [0.717, 1.165) is 13.0 Å². The number of ether oxygens (including phenoxy) is 2. The van der Waals surface area contributed by atoms with Crippen LogP contribution in [0.4, 0.5) is 0 Å². The van der Waals surface area contributed by atoms with Crippen LogP contribution in [0, 0.1) is 5.92 Å². The van der Waals surface area contributed by atoms with E-state index < -0.39 is 0 Å². The fourth-order valence-electron chi connectivity index (χ4n) is 1.55. The standard InChI is InChI=1S/C7H10O3/c8-7-3-5-1-2-9-4-6(5)10-7/h5-6H,1-4H2. The lowest BCUT2D eigenvalue weighted by Crippen LogP contribution is -2.28. The van der Waals surface area contributed by atoms with Gasteiger partial charge in [-0.25, -0.2) is 0 Å². The number of carbonyl (C=O) groups excluding carboxylic acids is 1. The molecule has 2 heterocycles. The second-order valence-electron chi connectivity index (χ2n) is 2.86. The number of carbonyl (C=O) groups is 1. The van der Waals surface area contributed by atoms with Gasteiger partial charge in [0.2, 0.25) is 0 Å². The van der Waals surface area contributed by atoms with Gasteiger partial charge in [0.15, 0.2) is 0 Å². The van der Waals surface area contributed by atoms with Gasteiger partial charge in [-0.15, -0.1) is 0 Å². The summed E-state index contributed by atoms with van der Waals surface area (Å²) in [6, 6.07) is 0. The highest BCUT2D eigenvalue weighted by molar-refractivity contribution is 5.72. The third kappa shape index (κ3) is 0.904. The predicted molar refractivity (Wildman–Crippen MR) is 33.4 cm³/mol. The number of hydrogen-bond acceptors (Lipinski definition) is 3. The van der Waals surface area contributed by atoms with Gasteiger partial charge in [0.25, 0.3) is 0 Å². The molecule has 0 aromatic rings. The largest absolute Gasteiger partial charge is 0.460 e.